The highest BCUT2D eigenvalue weighted by atomic mass is 16.5. The molecule has 1 aliphatic heterocycles. The number of aryl methyl sites for hydroxylation is 4. The molecule has 0 saturated carbocycles. The van der Waals surface area contributed by atoms with Crippen molar-refractivity contribution in [2.24, 2.45) is 5.92 Å². The van der Waals surface area contributed by atoms with Crippen molar-refractivity contribution in [2.45, 2.75) is 40.5 Å². The van der Waals surface area contributed by atoms with Crippen LogP contribution in [0.3, 0.4) is 0 Å². The van der Waals surface area contributed by atoms with Gasteiger partial charge >= 0.3 is 5.97 Å². The molecular weight excluding hydrogens is 380 g/mol. The van der Waals surface area contributed by atoms with E-state index in [1.54, 1.807) is 4.90 Å². The summed E-state index contributed by atoms with van der Waals surface area (Å²) in [6, 6.07) is 11.7. The molecule has 0 spiro atoms. The van der Waals surface area contributed by atoms with Crippen molar-refractivity contribution < 1.29 is 19.1 Å². The van der Waals surface area contributed by atoms with Crippen molar-refractivity contribution >= 4 is 29.2 Å². The lowest BCUT2D eigenvalue weighted by atomic mass is 10.1. The summed E-state index contributed by atoms with van der Waals surface area (Å²) in [5, 5.41) is 2.82. The number of carbonyl (C=O) groups is 3. The molecule has 1 fully saturated rings. The van der Waals surface area contributed by atoms with E-state index >= 15 is 0 Å². The van der Waals surface area contributed by atoms with Crippen molar-refractivity contribution in [3.05, 3.63) is 58.7 Å². The maximum atomic E-state index is 12.5. The average Bonchev–Trinajstić information content (AvgIpc) is 3.10. The van der Waals surface area contributed by atoms with Crippen molar-refractivity contribution in [2.75, 3.05) is 23.4 Å². The number of esters is 1. The normalized spacial score (nSPS) is 15.9. The maximum Gasteiger partial charge on any atom is 0.311 e. The van der Waals surface area contributed by atoms with E-state index in [1.165, 1.54) is 0 Å². The zero-order chi connectivity index (χ0) is 21.8. The number of anilines is 2. The Balaban J connectivity index is 1.58. The van der Waals surface area contributed by atoms with Crippen LogP contribution in [0, 0.1) is 26.7 Å². The maximum absolute atomic E-state index is 12.5. The van der Waals surface area contributed by atoms with Crippen LogP contribution in [-0.2, 0) is 25.5 Å². The summed E-state index contributed by atoms with van der Waals surface area (Å²) in [4.78, 5) is 38.9. The number of hydrogen-bond acceptors (Lipinski definition) is 4. The number of rotatable bonds is 6. The molecule has 1 N–H and O–H groups in total. The van der Waals surface area contributed by atoms with Gasteiger partial charge in [0.25, 0.3) is 5.91 Å². The van der Waals surface area contributed by atoms with Crippen molar-refractivity contribution in [3.63, 3.8) is 0 Å². The second-order valence-corrected chi connectivity index (χ2v) is 7.82. The van der Waals surface area contributed by atoms with Crippen LogP contribution in [0.1, 0.15) is 35.6 Å². The lowest BCUT2D eigenvalue weighted by Crippen LogP contribution is -2.28. The number of amides is 2. The van der Waals surface area contributed by atoms with Crippen LogP contribution >= 0.6 is 0 Å². The third kappa shape index (κ3) is 4.70. The Morgan fingerprint density at radius 1 is 1.13 bits per heavy atom. The van der Waals surface area contributed by atoms with Crippen molar-refractivity contribution in [1.82, 2.24) is 0 Å². The minimum absolute atomic E-state index is 0.0919. The fraction of sp³-hybridized carbons (Fsp3) is 0.375. The van der Waals surface area contributed by atoms with E-state index in [1.807, 2.05) is 64.1 Å². The van der Waals surface area contributed by atoms with E-state index in [9.17, 15) is 14.4 Å². The Kier molecular flexibility index (Phi) is 6.55. The van der Waals surface area contributed by atoms with Crippen molar-refractivity contribution in [3.8, 4) is 0 Å². The van der Waals surface area contributed by atoms with Crippen LogP contribution in [-0.4, -0.2) is 30.9 Å². The first kappa shape index (κ1) is 21.6. The number of hydrogen-bond donors (Lipinski definition) is 1. The van der Waals surface area contributed by atoms with Crippen LogP contribution in [0.2, 0.25) is 0 Å². The van der Waals surface area contributed by atoms with Crippen molar-refractivity contribution in [1.29, 1.82) is 0 Å². The van der Waals surface area contributed by atoms with Gasteiger partial charge in [0.2, 0.25) is 5.91 Å². The molecule has 1 aliphatic rings. The Hall–Kier alpha value is -3.15. The highest BCUT2D eigenvalue weighted by molar-refractivity contribution is 6.00. The standard InChI is InChI=1S/C24H28N2O4/c1-5-18-8-6-7-9-20(18)26-13-19(12-22(26)28)24(29)30-14-21(27)25-23-16(3)10-15(2)11-17(23)4/h6-11,19H,5,12-14H2,1-4H3,(H,25,27)/t19-/m0/s1. The Morgan fingerprint density at radius 3 is 2.47 bits per heavy atom. The predicted octanol–water partition coefficient (Wildman–Crippen LogP) is 3.71. The number of benzene rings is 2. The Morgan fingerprint density at radius 2 is 1.80 bits per heavy atom. The zero-order valence-corrected chi connectivity index (χ0v) is 18.0. The van der Waals surface area contributed by atoms with Gasteiger partial charge in [-0.2, -0.15) is 0 Å². The Labute approximate surface area is 177 Å². The zero-order valence-electron chi connectivity index (χ0n) is 18.0. The molecule has 6 nitrogen and oxygen atoms in total. The summed E-state index contributed by atoms with van der Waals surface area (Å²) < 4.78 is 5.22. The number of nitrogens with one attached hydrogen (secondary N) is 1. The fourth-order valence-electron chi connectivity index (χ4n) is 3.98. The van der Waals surface area contributed by atoms with Gasteiger partial charge in [-0.15, -0.1) is 0 Å². The van der Waals surface area contributed by atoms with Crippen LogP contribution in [0.4, 0.5) is 11.4 Å². The summed E-state index contributed by atoms with van der Waals surface area (Å²) >= 11 is 0. The number of para-hydroxylation sites is 1. The lowest BCUT2D eigenvalue weighted by molar-refractivity contribution is -0.151. The summed E-state index contributed by atoms with van der Waals surface area (Å²) in [5.41, 5.74) is 5.67. The molecule has 0 aromatic heterocycles. The summed E-state index contributed by atoms with van der Waals surface area (Å²) in [7, 11) is 0. The average molecular weight is 408 g/mol. The van der Waals surface area contributed by atoms with E-state index in [0.717, 1.165) is 40.0 Å². The highest BCUT2D eigenvalue weighted by Gasteiger charge is 2.37. The first-order valence-corrected chi connectivity index (χ1v) is 10.2. The van der Waals surface area contributed by atoms with E-state index in [4.69, 9.17) is 4.74 Å². The van der Waals surface area contributed by atoms with Gasteiger partial charge in [0.15, 0.2) is 6.61 Å². The van der Waals surface area contributed by atoms with E-state index in [-0.39, 0.29) is 25.5 Å². The molecule has 1 saturated heterocycles. The second-order valence-electron chi connectivity index (χ2n) is 7.82. The number of nitrogens with zero attached hydrogens (tertiary/aromatic N) is 1. The highest BCUT2D eigenvalue weighted by Crippen LogP contribution is 2.29. The monoisotopic (exact) mass is 408 g/mol. The molecule has 158 valence electrons. The molecule has 2 amide bonds. The molecule has 0 bridgehead atoms. The lowest BCUT2D eigenvalue weighted by Gasteiger charge is -2.19. The van der Waals surface area contributed by atoms with Crippen LogP contribution in [0.5, 0.6) is 0 Å². The predicted molar refractivity (Wildman–Crippen MR) is 117 cm³/mol. The molecule has 1 atom stereocenters. The van der Waals surface area contributed by atoms with Gasteiger partial charge in [0.1, 0.15) is 0 Å². The molecule has 3 rings (SSSR count). The van der Waals surface area contributed by atoms with E-state index < -0.39 is 17.8 Å². The largest absolute Gasteiger partial charge is 0.455 e. The fourth-order valence-corrected chi connectivity index (χ4v) is 3.98. The minimum Gasteiger partial charge on any atom is -0.455 e. The SMILES string of the molecule is CCc1ccccc1N1C[C@@H](C(=O)OCC(=O)Nc2c(C)cc(C)cc2C)CC1=O. The minimum atomic E-state index is -0.571. The van der Waals surface area contributed by atoms with Gasteiger partial charge in [-0.1, -0.05) is 42.8 Å². The van der Waals surface area contributed by atoms with Gasteiger partial charge in [-0.05, 0) is 49.9 Å². The first-order chi connectivity index (χ1) is 14.3. The van der Waals surface area contributed by atoms with Gasteiger partial charge in [-0.25, -0.2) is 0 Å². The van der Waals surface area contributed by atoms with E-state index in [0.29, 0.717) is 0 Å². The van der Waals surface area contributed by atoms with Crippen LogP contribution in [0.15, 0.2) is 36.4 Å². The van der Waals surface area contributed by atoms with Gasteiger partial charge in [-0.3, -0.25) is 14.4 Å². The molecule has 1 heterocycles. The molecule has 2 aromatic carbocycles. The van der Waals surface area contributed by atoms with Crippen LogP contribution in [0.25, 0.3) is 0 Å². The number of carbonyl (C=O) groups excluding carboxylic acids is 3. The third-order valence-corrected chi connectivity index (χ3v) is 5.41. The summed E-state index contributed by atoms with van der Waals surface area (Å²) in [6.45, 7) is 7.77. The molecule has 0 unspecified atom stereocenters. The molecule has 0 aliphatic carbocycles. The summed E-state index contributed by atoms with van der Waals surface area (Å²) in [6.07, 6.45) is 0.891. The molecule has 0 radical (unpaired) electrons. The first-order valence-electron chi connectivity index (χ1n) is 10.2. The van der Waals surface area contributed by atoms with Gasteiger partial charge in [0.05, 0.1) is 5.92 Å². The topological polar surface area (TPSA) is 75.7 Å². The van der Waals surface area contributed by atoms with Crippen LogP contribution < -0.4 is 10.2 Å². The molecule has 6 heteroatoms. The molecule has 30 heavy (non-hydrogen) atoms. The molecule has 2 aromatic rings. The smallest absolute Gasteiger partial charge is 0.311 e. The Bertz CT molecular complexity index is 960. The quantitative estimate of drug-likeness (QED) is 0.740. The third-order valence-electron chi connectivity index (χ3n) is 5.41. The summed E-state index contributed by atoms with van der Waals surface area (Å²) in [5.74, 6) is -1.59. The second kappa shape index (κ2) is 9.11. The number of ether oxygens (including phenoxy) is 1. The van der Waals surface area contributed by atoms with Gasteiger partial charge < -0.3 is 15.0 Å². The van der Waals surface area contributed by atoms with E-state index in [2.05, 4.69) is 5.32 Å². The van der Waals surface area contributed by atoms with Gasteiger partial charge in [0, 0.05) is 24.3 Å². The molecular formula is C24H28N2O4.